The van der Waals surface area contributed by atoms with E-state index in [1.807, 2.05) is 20.2 Å². The Morgan fingerprint density at radius 1 is 1.38 bits per heavy atom. The number of nitrogens with zero attached hydrogens (tertiary/aromatic N) is 1. The number of ether oxygens (including phenoxy) is 2. The highest BCUT2D eigenvalue weighted by Gasteiger charge is 2.41. The fourth-order valence-corrected chi connectivity index (χ4v) is 3.56. The molecule has 1 spiro atoms. The molecule has 0 aromatic heterocycles. The van der Waals surface area contributed by atoms with Crippen LogP contribution in [0.5, 0.6) is 0 Å². The van der Waals surface area contributed by atoms with Crippen LogP contribution >= 0.6 is 0 Å². The van der Waals surface area contributed by atoms with E-state index in [-0.39, 0.29) is 17.6 Å². The Morgan fingerprint density at radius 2 is 2.25 bits per heavy atom. The van der Waals surface area contributed by atoms with E-state index in [0.717, 1.165) is 32.3 Å². The van der Waals surface area contributed by atoms with Crippen LogP contribution in [-0.4, -0.2) is 51.5 Å². The highest BCUT2D eigenvalue weighted by Crippen LogP contribution is 2.32. The van der Waals surface area contributed by atoms with Crippen molar-refractivity contribution in [2.24, 2.45) is 0 Å². The second-order valence-corrected chi connectivity index (χ2v) is 7.16. The minimum Gasteiger partial charge on any atom is -0.378 e. The normalized spacial score (nSPS) is 26.5. The van der Waals surface area contributed by atoms with Crippen LogP contribution in [0.25, 0.3) is 0 Å². The monoisotopic (exact) mass is 332 g/mol. The van der Waals surface area contributed by atoms with Gasteiger partial charge in [-0.05, 0) is 37.0 Å². The fraction of sp³-hybridized carbons (Fsp3) is 0.632. The van der Waals surface area contributed by atoms with Gasteiger partial charge in [0.2, 0.25) is 5.91 Å². The molecule has 3 rings (SSSR count). The van der Waals surface area contributed by atoms with E-state index < -0.39 is 0 Å². The number of benzene rings is 1. The van der Waals surface area contributed by atoms with Crippen LogP contribution in [0.4, 0.5) is 5.69 Å². The van der Waals surface area contributed by atoms with Crippen molar-refractivity contribution in [3.63, 3.8) is 0 Å². The minimum atomic E-state index is -0.157. The number of carbonyl (C=O) groups excluding carboxylic acids is 1. The number of carbonyl (C=O) groups is 1. The van der Waals surface area contributed by atoms with E-state index >= 15 is 0 Å². The lowest BCUT2D eigenvalue weighted by Gasteiger charge is -2.37. The first-order valence-corrected chi connectivity index (χ1v) is 8.84. The average Bonchev–Trinajstić information content (AvgIpc) is 3.01. The number of aryl methyl sites for hydroxylation is 1. The van der Waals surface area contributed by atoms with Crippen LogP contribution in [0.1, 0.15) is 31.2 Å². The maximum atomic E-state index is 12.3. The number of hydrogen-bond donors (Lipinski definition) is 1. The standard InChI is InChI=1S/C19H28N2O3/c1-21(2)17-5-3-4-15(12-17)6-7-18(22)20-16-8-10-24-19(13-16)9-11-23-14-19/h3-5,12,16H,6-11,13-14H2,1-2H3,(H,20,22)/t16-,19-/m1/s1. The van der Waals surface area contributed by atoms with Gasteiger partial charge in [-0.25, -0.2) is 0 Å². The molecule has 5 nitrogen and oxygen atoms in total. The molecule has 2 saturated heterocycles. The van der Waals surface area contributed by atoms with E-state index in [2.05, 4.69) is 28.4 Å². The third kappa shape index (κ3) is 4.28. The van der Waals surface area contributed by atoms with E-state index in [0.29, 0.717) is 19.6 Å². The SMILES string of the molecule is CN(C)c1cccc(CCC(=O)N[C@@H]2CCO[C@]3(CCOC3)C2)c1. The highest BCUT2D eigenvalue weighted by atomic mass is 16.6. The summed E-state index contributed by atoms with van der Waals surface area (Å²) in [5, 5.41) is 3.19. The molecule has 24 heavy (non-hydrogen) atoms. The number of amides is 1. The summed E-state index contributed by atoms with van der Waals surface area (Å²) >= 11 is 0. The number of hydrogen-bond acceptors (Lipinski definition) is 4. The zero-order chi connectivity index (χ0) is 17.0. The zero-order valence-electron chi connectivity index (χ0n) is 14.7. The van der Waals surface area contributed by atoms with Crippen LogP contribution in [0, 0.1) is 0 Å². The smallest absolute Gasteiger partial charge is 0.220 e. The van der Waals surface area contributed by atoms with E-state index in [4.69, 9.17) is 9.47 Å². The maximum Gasteiger partial charge on any atom is 0.220 e. The minimum absolute atomic E-state index is 0.131. The van der Waals surface area contributed by atoms with Gasteiger partial charge in [0.1, 0.15) is 0 Å². The Morgan fingerprint density at radius 3 is 3.00 bits per heavy atom. The summed E-state index contributed by atoms with van der Waals surface area (Å²) < 4.78 is 11.4. The van der Waals surface area contributed by atoms with Gasteiger partial charge in [0.05, 0.1) is 12.2 Å². The number of anilines is 1. The summed E-state index contributed by atoms with van der Waals surface area (Å²) in [7, 11) is 4.05. The summed E-state index contributed by atoms with van der Waals surface area (Å²) in [5.41, 5.74) is 2.21. The van der Waals surface area contributed by atoms with Gasteiger partial charge in [-0.3, -0.25) is 4.79 Å². The molecule has 5 heteroatoms. The Hall–Kier alpha value is -1.59. The number of rotatable bonds is 5. The van der Waals surface area contributed by atoms with Gasteiger partial charge in [-0.2, -0.15) is 0 Å². The molecular weight excluding hydrogens is 304 g/mol. The van der Waals surface area contributed by atoms with Crippen molar-refractivity contribution in [3.05, 3.63) is 29.8 Å². The first-order chi connectivity index (χ1) is 11.6. The van der Waals surface area contributed by atoms with Crippen molar-refractivity contribution in [1.82, 2.24) is 5.32 Å². The Labute approximate surface area is 144 Å². The summed E-state index contributed by atoms with van der Waals surface area (Å²) in [6.07, 6.45) is 4.00. The molecule has 0 bridgehead atoms. The molecule has 2 aliphatic rings. The number of nitrogens with one attached hydrogen (secondary N) is 1. The second kappa shape index (κ2) is 7.53. The Kier molecular flexibility index (Phi) is 5.41. The van der Waals surface area contributed by atoms with Crippen molar-refractivity contribution in [1.29, 1.82) is 0 Å². The van der Waals surface area contributed by atoms with Crippen LogP contribution in [0.2, 0.25) is 0 Å². The highest BCUT2D eigenvalue weighted by molar-refractivity contribution is 5.76. The quantitative estimate of drug-likeness (QED) is 0.897. The average molecular weight is 332 g/mol. The summed E-state index contributed by atoms with van der Waals surface area (Å²) in [5.74, 6) is 0.131. The fourth-order valence-electron chi connectivity index (χ4n) is 3.56. The molecule has 132 valence electrons. The summed E-state index contributed by atoms with van der Waals surface area (Å²) in [6, 6.07) is 8.56. The zero-order valence-corrected chi connectivity index (χ0v) is 14.7. The maximum absolute atomic E-state index is 12.3. The topological polar surface area (TPSA) is 50.8 Å². The van der Waals surface area contributed by atoms with Crippen LogP contribution in [-0.2, 0) is 20.7 Å². The van der Waals surface area contributed by atoms with Gasteiger partial charge in [-0.15, -0.1) is 0 Å². The summed E-state index contributed by atoms with van der Waals surface area (Å²) in [4.78, 5) is 14.4. The molecule has 0 unspecified atom stereocenters. The van der Waals surface area contributed by atoms with E-state index in [1.54, 1.807) is 0 Å². The van der Waals surface area contributed by atoms with Crippen molar-refractivity contribution in [2.75, 3.05) is 38.8 Å². The lowest BCUT2D eigenvalue weighted by atomic mass is 9.89. The molecular formula is C19H28N2O3. The first-order valence-electron chi connectivity index (χ1n) is 8.84. The molecule has 2 aliphatic heterocycles. The van der Waals surface area contributed by atoms with Crippen molar-refractivity contribution in [2.45, 2.75) is 43.7 Å². The molecule has 1 amide bonds. The van der Waals surface area contributed by atoms with Gasteiger partial charge < -0.3 is 19.7 Å². The van der Waals surface area contributed by atoms with Gasteiger partial charge >= 0.3 is 0 Å². The lowest BCUT2D eigenvalue weighted by molar-refractivity contribution is -0.125. The van der Waals surface area contributed by atoms with Gasteiger partial charge in [0.25, 0.3) is 0 Å². The second-order valence-electron chi connectivity index (χ2n) is 7.16. The Balaban J connectivity index is 1.48. The molecule has 1 aromatic rings. The third-order valence-corrected chi connectivity index (χ3v) is 4.99. The molecule has 1 aromatic carbocycles. The predicted octanol–water partition coefficient (Wildman–Crippen LogP) is 2.14. The largest absolute Gasteiger partial charge is 0.378 e. The lowest BCUT2D eigenvalue weighted by Crippen LogP contribution is -2.49. The van der Waals surface area contributed by atoms with Gasteiger partial charge in [0.15, 0.2) is 0 Å². The Bertz CT molecular complexity index is 567. The van der Waals surface area contributed by atoms with Crippen LogP contribution in [0.3, 0.4) is 0 Å². The van der Waals surface area contributed by atoms with Crippen molar-refractivity contribution >= 4 is 11.6 Å². The summed E-state index contributed by atoms with van der Waals surface area (Å²) in [6.45, 7) is 2.14. The molecule has 2 heterocycles. The predicted molar refractivity (Wildman–Crippen MR) is 94.4 cm³/mol. The van der Waals surface area contributed by atoms with Gasteiger partial charge in [0, 0.05) is 51.9 Å². The van der Waals surface area contributed by atoms with Gasteiger partial charge in [-0.1, -0.05) is 12.1 Å². The molecule has 2 fully saturated rings. The van der Waals surface area contributed by atoms with E-state index in [1.165, 1.54) is 11.3 Å². The molecule has 2 atom stereocenters. The van der Waals surface area contributed by atoms with Crippen molar-refractivity contribution in [3.8, 4) is 0 Å². The van der Waals surface area contributed by atoms with Crippen LogP contribution in [0.15, 0.2) is 24.3 Å². The third-order valence-electron chi connectivity index (χ3n) is 4.99. The molecule has 1 N–H and O–H groups in total. The van der Waals surface area contributed by atoms with E-state index in [9.17, 15) is 4.79 Å². The molecule has 0 saturated carbocycles. The first kappa shape index (κ1) is 17.2. The van der Waals surface area contributed by atoms with Crippen molar-refractivity contribution < 1.29 is 14.3 Å². The van der Waals surface area contributed by atoms with Crippen LogP contribution < -0.4 is 10.2 Å². The molecule has 0 aliphatic carbocycles. The molecule has 0 radical (unpaired) electrons.